The molecule has 3 amide bonds. The molecule has 4 aliphatic heterocycles. The van der Waals surface area contributed by atoms with E-state index in [1.54, 1.807) is 4.90 Å². The van der Waals surface area contributed by atoms with Gasteiger partial charge in [0.1, 0.15) is 17.9 Å². The Morgan fingerprint density at radius 1 is 0.892 bits per heavy atom. The molecule has 1 aromatic rings. The molecule has 1 saturated carbocycles. The number of nitrogens with zero attached hydrogens (tertiary/aromatic N) is 2. The van der Waals surface area contributed by atoms with Crippen LogP contribution in [0.5, 0.6) is 5.75 Å². The first-order valence-electron chi connectivity index (χ1n) is 14.3. The number of benzene rings is 1. The van der Waals surface area contributed by atoms with Crippen LogP contribution in [0.25, 0.3) is 0 Å². The van der Waals surface area contributed by atoms with E-state index in [0.29, 0.717) is 24.6 Å². The number of likely N-dealkylation sites (tertiary alicyclic amines) is 1. The normalized spacial score (nSPS) is 30.3. The van der Waals surface area contributed by atoms with E-state index < -0.39 is 6.04 Å². The topological polar surface area (TPSA) is 88.2 Å². The number of nitrogens with one attached hydrogen (secondary N) is 1. The summed E-state index contributed by atoms with van der Waals surface area (Å²) in [6.07, 6.45) is 10.5. The summed E-state index contributed by atoms with van der Waals surface area (Å²) < 4.78 is 12.2. The molecular formula is C29H39N3O5. The summed E-state index contributed by atoms with van der Waals surface area (Å²) >= 11 is 0. The van der Waals surface area contributed by atoms with Gasteiger partial charge in [-0.1, -0.05) is 6.42 Å². The van der Waals surface area contributed by atoms with Crippen molar-refractivity contribution >= 4 is 17.7 Å². The second kappa shape index (κ2) is 10.7. The molecule has 5 aliphatic rings. The Hall–Kier alpha value is -2.45. The smallest absolute Gasteiger partial charge is 0.255 e. The summed E-state index contributed by atoms with van der Waals surface area (Å²) in [7, 11) is 0. The number of imide groups is 1. The van der Waals surface area contributed by atoms with E-state index in [-0.39, 0.29) is 30.2 Å². The minimum absolute atomic E-state index is 0.140. The lowest BCUT2D eigenvalue weighted by Crippen LogP contribution is -2.59. The van der Waals surface area contributed by atoms with Crippen LogP contribution in [0.2, 0.25) is 0 Å². The number of rotatable bonds is 5. The van der Waals surface area contributed by atoms with Crippen molar-refractivity contribution in [1.82, 2.24) is 15.1 Å². The lowest BCUT2D eigenvalue weighted by atomic mass is 9.77. The standard InChI is InChI=1S/C29H39N3O5/c33-27-12-11-25(28(34)30-27)32-18-20-15-22(9-10-23(20)29(32)35)37-26-8-2-1-7-24(26)31-16-21(17-31)19-5-3-13-36-14-4-6-19/h9-10,15,19,21,24-26H,1-8,11-14,16-18H2,(H,30,33,34). The third kappa shape index (κ3) is 5.15. The van der Waals surface area contributed by atoms with Gasteiger partial charge in [0.15, 0.2) is 0 Å². The van der Waals surface area contributed by atoms with Gasteiger partial charge in [-0.15, -0.1) is 0 Å². The first-order valence-corrected chi connectivity index (χ1v) is 14.3. The van der Waals surface area contributed by atoms with E-state index in [1.807, 2.05) is 18.2 Å². The van der Waals surface area contributed by atoms with Crippen molar-refractivity contribution in [3.8, 4) is 5.75 Å². The lowest BCUT2D eigenvalue weighted by molar-refractivity contribution is -0.136. The Morgan fingerprint density at radius 3 is 2.46 bits per heavy atom. The molecule has 1 N–H and O–H groups in total. The molecule has 1 aromatic carbocycles. The number of carbonyl (C=O) groups is 3. The number of hydrogen-bond donors (Lipinski definition) is 1. The van der Waals surface area contributed by atoms with Crippen molar-refractivity contribution in [3.63, 3.8) is 0 Å². The average Bonchev–Trinajstić information content (AvgIpc) is 3.16. The van der Waals surface area contributed by atoms with E-state index in [9.17, 15) is 14.4 Å². The Balaban J connectivity index is 1.08. The van der Waals surface area contributed by atoms with Gasteiger partial charge in [0.05, 0.1) is 0 Å². The number of ether oxygens (including phenoxy) is 2. The van der Waals surface area contributed by atoms with Crippen molar-refractivity contribution < 1.29 is 23.9 Å². The van der Waals surface area contributed by atoms with Crippen LogP contribution >= 0.6 is 0 Å². The van der Waals surface area contributed by atoms with Gasteiger partial charge in [-0.3, -0.25) is 24.6 Å². The van der Waals surface area contributed by atoms with Crippen molar-refractivity contribution in [1.29, 1.82) is 0 Å². The zero-order valence-electron chi connectivity index (χ0n) is 21.7. The molecule has 4 heterocycles. The number of carbonyl (C=O) groups excluding carboxylic acids is 3. The van der Waals surface area contributed by atoms with E-state index in [4.69, 9.17) is 9.47 Å². The van der Waals surface area contributed by atoms with Gasteiger partial charge in [0, 0.05) is 50.9 Å². The van der Waals surface area contributed by atoms with Crippen LogP contribution in [0.1, 0.15) is 80.1 Å². The van der Waals surface area contributed by atoms with Crippen molar-refractivity contribution in [3.05, 3.63) is 29.3 Å². The quantitative estimate of drug-likeness (QED) is 0.613. The third-order valence-corrected chi connectivity index (χ3v) is 9.25. The summed E-state index contributed by atoms with van der Waals surface area (Å²) in [4.78, 5) is 41.2. The summed E-state index contributed by atoms with van der Waals surface area (Å²) in [5, 5.41) is 2.37. The summed E-state index contributed by atoms with van der Waals surface area (Å²) in [6.45, 7) is 4.60. The molecule has 8 nitrogen and oxygen atoms in total. The van der Waals surface area contributed by atoms with Gasteiger partial charge in [0.25, 0.3) is 5.91 Å². The molecule has 0 radical (unpaired) electrons. The molecule has 0 aromatic heterocycles. The van der Waals surface area contributed by atoms with Crippen LogP contribution in [0.4, 0.5) is 0 Å². The highest BCUT2D eigenvalue weighted by Crippen LogP contribution is 2.38. The predicted molar refractivity (Wildman–Crippen MR) is 137 cm³/mol. The third-order valence-electron chi connectivity index (χ3n) is 9.25. The Morgan fingerprint density at radius 2 is 1.68 bits per heavy atom. The van der Waals surface area contributed by atoms with Gasteiger partial charge in [-0.2, -0.15) is 0 Å². The fourth-order valence-electron chi connectivity index (χ4n) is 7.16. The molecule has 0 bridgehead atoms. The summed E-state index contributed by atoms with van der Waals surface area (Å²) in [6, 6.07) is 5.60. The maximum Gasteiger partial charge on any atom is 0.255 e. The Labute approximate surface area is 219 Å². The molecule has 6 rings (SSSR count). The van der Waals surface area contributed by atoms with Gasteiger partial charge in [0.2, 0.25) is 11.8 Å². The average molecular weight is 510 g/mol. The van der Waals surface area contributed by atoms with Gasteiger partial charge < -0.3 is 14.4 Å². The Kier molecular flexibility index (Phi) is 7.21. The van der Waals surface area contributed by atoms with E-state index >= 15 is 0 Å². The first kappa shape index (κ1) is 24.9. The van der Waals surface area contributed by atoms with Crippen LogP contribution < -0.4 is 10.1 Å². The van der Waals surface area contributed by atoms with Gasteiger partial charge in [-0.05, 0) is 87.0 Å². The summed E-state index contributed by atoms with van der Waals surface area (Å²) in [5.41, 5.74) is 1.53. The highest BCUT2D eigenvalue weighted by molar-refractivity contribution is 6.05. The number of hydrogen-bond acceptors (Lipinski definition) is 6. The second-order valence-electron chi connectivity index (χ2n) is 11.6. The number of fused-ring (bicyclic) bond motifs is 1. The van der Waals surface area contributed by atoms with Crippen LogP contribution in [0.15, 0.2) is 18.2 Å². The minimum Gasteiger partial charge on any atom is -0.489 e. The van der Waals surface area contributed by atoms with Gasteiger partial charge in [-0.25, -0.2) is 0 Å². The molecule has 37 heavy (non-hydrogen) atoms. The molecule has 3 unspecified atom stereocenters. The molecule has 8 heteroatoms. The molecule has 4 fully saturated rings. The predicted octanol–water partition coefficient (Wildman–Crippen LogP) is 3.28. The highest BCUT2D eigenvalue weighted by Gasteiger charge is 2.42. The van der Waals surface area contributed by atoms with Crippen LogP contribution in [0.3, 0.4) is 0 Å². The van der Waals surface area contributed by atoms with Crippen molar-refractivity contribution in [2.24, 2.45) is 11.8 Å². The zero-order chi connectivity index (χ0) is 25.4. The zero-order valence-corrected chi connectivity index (χ0v) is 21.7. The van der Waals surface area contributed by atoms with Gasteiger partial charge >= 0.3 is 0 Å². The number of piperidine rings is 1. The molecular weight excluding hydrogens is 470 g/mol. The maximum absolute atomic E-state index is 13.0. The lowest BCUT2D eigenvalue weighted by Gasteiger charge is -2.51. The molecule has 200 valence electrons. The van der Waals surface area contributed by atoms with E-state index in [2.05, 4.69) is 10.2 Å². The molecule has 0 spiro atoms. The van der Waals surface area contributed by atoms with Crippen LogP contribution in [0, 0.1) is 11.8 Å². The fourth-order valence-corrected chi connectivity index (χ4v) is 7.16. The molecule has 1 aliphatic carbocycles. The van der Waals surface area contributed by atoms with E-state index in [0.717, 1.165) is 42.8 Å². The van der Waals surface area contributed by atoms with E-state index in [1.165, 1.54) is 58.0 Å². The van der Waals surface area contributed by atoms with Crippen LogP contribution in [-0.2, 0) is 20.9 Å². The molecule has 3 saturated heterocycles. The second-order valence-corrected chi connectivity index (χ2v) is 11.6. The summed E-state index contributed by atoms with van der Waals surface area (Å²) in [5.74, 6) is 1.68. The SMILES string of the molecule is O=C1CCC(N2Cc3cc(OC4CCCCC4N4CC(C5CCCOCCC5)C4)ccc3C2=O)C(=O)N1. The minimum atomic E-state index is -0.589. The Bertz CT molecular complexity index is 1030. The monoisotopic (exact) mass is 509 g/mol. The fraction of sp³-hybridized carbons (Fsp3) is 0.690. The largest absolute Gasteiger partial charge is 0.489 e. The molecule has 3 atom stereocenters. The van der Waals surface area contributed by atoms with Crippen LogP contribution in [-0.4, -0.2) is 72.0 Å². The van der Waals surface area contributed by atoms with Crippen molar-refractivity contribution in [2.45, 2.75) is 88.9 Å². The van der Waals surface area contributed by atoms with Crippen molar-refractivity contribution in [2.75, 3.05) is 26.3 Å². The maximum atomic E-state index is 13.0. The first-order chi connectivity index (χ1) is 18.1. The highest BCUT2D eigenvalue weighted by atomic mass is 16.5. The number of amides is 3.